The Morgan fingerprint density at radius 3 is 2.47 bits per heavy atom. The fourth-order valence-electron chi connectivity index (χ4n) is 4.43. The van der Waals surface area contributed by atoms with Crippen molar-refractivity contribution in [3.63, 3.8) is 0 Å². The van der Waals surface area contributed by atoms with Gasteiger partial charge in [0.25, 0.3) is 11.8 Å². The number of nitrogens with zero attached hydrogens (tertiary/aromatic N) is 2. The van der Waals surface area contributed by atoms with E-state index in [9.17, 15) is 9.59 Å². The average Bonchev–Trinajstić information content (AvgIpc) is 3.02. The van der Waals surface area contributed by atoms with E-state index in [4.69, 9.17) is 9.47 Å². The van der Waals surface area contributed by atoms with Gasteiger partial charge in [0.15, 0.2) is 0 Å². The summed E-state index contributed by atoms with van der Waals surface area (Å²) in [5, 5.41) is 0. The minimum Gasteiger partial charge on any atom is -0.496 e. The van der Waals surface area contributed by atoms with Crippen LogP contribution in [0.5, 0.6) is 11.5 Å². The molecule has 0 aromatic heterocycles. The van der Waals surface area contributed by atoms with E-state index in [0.29, 0.717) is 24.3 Å². The molecule has 6 nitrogen and oxygen atoms in total. The Morgan fingerprint density at radius 2 is 1.80 bits per heavy atom. The molecule has 1 atom stereocenters. The van der Waals surface area contributed by atoms with Crippen LogP contribution in [0, 0.1) is 0 Å². The van der Waals surface area contributed by atoms with Crippen molar-refractivity contribution in [3.05, 3.63) is 59.2 Å². The Balaban J connectivity index is 1.39. The highest BCUT2D eigenvalue weighted by atomic mass is 16.5. The maximum absolute atomic E-state index is 12.6. The Labute approximate surface area is 177 Å². The second-order valence-corrected chi connectivity index (χ2v) is 7.80. The number of carbonyl (C=O) groups is 2. The van der Waals surface area contributed by atoms with Gasteiger partial charge in [-0.1, -0.05) is 25.1 Å². The van der Waals surface area contributed by atoms with E-state index in [1.807, 2.05) is 18.2 Å². The number of fused-ring (bicyclic) bond motifs is 2. The molecule has 0 spiro atoms. The fourth-order valence-corrected chi connectivity index (χ4v) is 4.43. The summed E-state index contributed by atoms with van der Waals surface area (Å²) in [5.41, 5.74) is 2.13. The topological polar surface area (TPSA) is 59.1 Å². The molecule has 2 aliphatic heterocycles. The van der Waals surface area contributed by atoms with Crippen LogP contribution in [0.1, 0.15) is 46.0 Å². The summed E-state index contributed by atoms with van der Waals surface area (Å²) < 4.78 is 11.5. The molecule has 2 aromatic carbocycles. The van der Waals surface area contributed by atoms with E-state index < -0.39 is 0 Å². The van der Waals surface area contributed by atoms with E-state index in [0.717, 1.165) is 49.4 Å². The Hall–Kier alpha value is -2.86. The second-order valence-electron chi connectivity index (χ2n) is 7.80. The molecule has 6 heteroatoms. The van der Waals surface area contributed by atoms with Crippen LogP contribution in [-0.4, -0.2) is 61.0 Å². The first kappa shape index (κ1) is 20.4. The van der Waals surface area contributed by atoms with Gasteiger partial charge in [-0.3, -0.25) is 19.4 Å². The van der Waals surface area contributed by atoms with Gasteiger partial charge in [0.2, 0.25) is 0 Å². The van der Waals surface area contributed by atoms with Crippen molar-refractivity contribution in [2.75, 3.05) is 33.4 Å². The molecule has 0 radical (unpaired) electrons. The van der Waals surface area contributed by atoms with E-state index in [-0.39, 0.29) is 17.9 Å². The minimum atomic E-state index is -0.183. The number of imide groups is 1. The minimum absolute atomic E-state index is 0.183. The van der Waals surface area contributed by atoms with E-state index in [1.54, 1.807) is 31.4 Å². The highest BCUT2D eigenvalue weighted by Gasteiger charge is 2.35. The Bertz CT molecular complexity index is 893. The number of hydrogen-bond acceptors (Lipinski definition) is 5. The van der Waals surface area contributed by atoms with Crippen LogP contribution in [-0.2, 0) is 6.42 Å². The molecule has 2 amide bonds. The molecule has 1 unspecified atom stereocenters. The van der Waals surface area contributed by atoms with Gasteiger partial charge in [0.1, 0.15) is 18.1 Å². The summed E-state index contributed by atoms with van der Waals surface area (Å²) in [6, 6.07) is 13.2. The van der Waals surface area contributed by atoms with Gasteiger partial charge in [-0.25, -0.2) is 0 Å². The standard InChI is InChI=1S/C24H28N2O4/c1-3-12-25(17-15-20-21(29-2)10-6-11-22(20)30-16-17)13-7-14-26-23(27)18-8-4-5-9-19(18)24(26)28/h4-6,8-11,17H,3,7,12-16H2,1-2H3. The Kier molecular flexibility index (Phi) is 6.04. The highest BCUT2D eigenvalue weighted by Crippen LogP contribution is 2.34. The van der Waals surface area contributed by atoms with Crippen molar-refractivity contribution in [2.45, 2.75) is 32.2 Å². The number of rotatable bonds is 8. The summed E-state index contributed by atoms with van der Waals surface area (Å²) >= 11 is 0. The molecule has 0 bridgehead atoms. The largest absolute Gasteiger partial charge is 0.496 e. The van der Waals surface area contributed by atoms with Crippen LogP contribution >= 0.6 is 0 Å². The third-order valence-electron chi connectivity index (χ3n) is 5.91. The molecule has 0 saturated carbocycles. The van der Waals surface area contributed by atoms with Gasteiger partial charge >= 0.3 is 0 Å². The molecule has 0 saturated heterocycles. The molecule has 2 heterocycles. The molecule has 158 valence electrons. The van der Waals surface area contributed by atoms with Crippen molar-refractivity contribution in [1.82, 2.24) is 9.80 Å². The van der Waals surface area contributed by atoms with Crippen molar-refractivity contribution in [2.24, 2.45) is 0 Å². The van der Waals surface area contributed by atoms with E-state index >= 15 is 0 Å². The van der Waals surface area contributed by atoms with Crippen LogP contribution in [0.3, 0.4) is 0 Å². The lowest BCUT2D eigenvalue weighted by molar-refractivity contribution is 0.0635. The summed E-state index contributed by atoms with van der Waals surface area (Å²) in [7, 11) is 1.69. The molecule has 30 heavy (non-hydrogen) atoms. The van der Waals surface area contributed by atoms with Gasteiger partial charge in [-0.05, 0) is 50.1 Å². The first-order valence-corrected chi connectivity index (χ1v) is 10.6. The first-order valence-electron chi connectivity index (χ1n) is 10.6. The van der Waals surface area contributed by atoms with Crippen LogP contribution in [0.15, 0.2) is 42.5 Å². The van der Waals surface area contributed by atoms with Crippen molar-refractivity contribution in [3.8, 4) is 11.5 Å². The lowest BCUT2D eigenvalue weighted by Gasteiger charge is -2.35. The molecule has 2 aliphatic rings. The lowest BCUT2D eigenvalue weighted by Crippen LogP contribution is -2.45. The van der Waals surface area contributed by atoms with Crippen LogP contribution in [0.4, 0.5) is 0 Å². The maximum Gasteiger partial charge on any atom is 0.261 e. The quantitative estimate of drug-likeness (QED) is 0.627. The number of amides is 2. The van der Waals surface area contributed by atoms with Crippen molar-refractivity contribution < 1.29 is 19.1 Å². The Morgan fingerprint density at radius 1 is 1.07 bits per heavy atom. The number of ether oxygens (including phenoxy) is 2. The fraction of sp³-hybridized carbons (Fsp3) is 0.417. The highest BCUT2D eigenvalue weighted by molar-refractivity contribution is 6.21. The molecule has 0 N–H and O–H groups in total. The lowest BCUT2D eigenvalue weighted by atomic mass is 10.00. The van der Waals surface area contributed by atoms with Gasteiger partial charge in [-0.15, -0.1) is 0 Å². The second kappa shape index (κ2) is 8.88. The molecule has 4 rings (SSSR count). The monoisotopic (exact) mass is 408 g/mol. The zero-order valence-corrected chi connectivity index (χ0v) is 17.6. The van der Waals surface area contributed by atoms with Gasteiger partial charge in [0, 0.05) is 24.7 Å². The molecular weight excluding hydrogens is 380 g/mol. The van der Waals surface area contributed by atoms with Crippen molar-refractivity contribution >= 4 is 11.8 Å². The number of hydrogen-bond donors (Lipinski definition) is 0. The van der Waals surface area contributed by atoms with E-state index in [1.165, 1.54) is 4.90 Å². The third-order valence-corrected chi connectivity index (χ3v) is 5.91. The summed E-state index contributed by atoms with van der Waals surface area (Å²) in [4.78, 5) is 28.9. The van der Waals surface area contributed by atoms with Crippen LogP contribution in [0.25, 0.3) is 0 Å². The summed E-state index contributed by atoms with van der Waals surface area (Å²) in [6.45, 7) is 4.98. The first-order chi connectivity index (χ1) is 14.6. The maximum atomic E-state index is 12.6. The number of benzene rings is 2. The van der Waals surface area contributed by atoms with E-state index in [2.05, 4.69) is 11.8 Å². The van der Waals surface area contributed by atoms with Crippen LogP contribution < -0.4 is 9.47 Å². The molecule has 0 aliphatic carbocycles. The average molecular weight is 408 g/mol. The van der Waals surface area contributed by atoms with Gasteiger partial charge in [0.05, 0.1) is 18.2 Å². The number of methoxy groups -OCH3 is 1. The van der Waals surface area contributed by atoms with Gasteiger partial charge in [-0.2, -0.15) is 0 Å². The smallest absolute Gasteiger partial charge is 0.261 e. The SMILES string of the molecule is CCCN(CCCN1C(=O)c2ccccc2C1=O)C1COc2cccc(OC)c2C1. The zero-order valence-electron chi connectivity index (χ0n) is 17.6. The predicted molar refractivity (Wildman–Crippen MR) is 114 cm³/mol. The predicted octanol–water partition coefficient (Wildman–Crippen LogP) is 3.40. The number of carbonyl (C=O) groups excluding carboxylic acids is 2. The molecule has 0 fully saturated rings. The zero-order chi connectivity index (χ0) is 21.1. The van der Waals surface area contributed by atoms with Crippen LogP contribution in [0.2, 0.25) is 0 Å². The van der Waals surface area contributed by atoms with Crippen molar-refractivity contribution in [1.29, 1.82) is 0 Å². The molecule has 2 aromatic rings. The normalized spacial score (nSPS) is 17.7. The summed E-state index contributed by atoms with van der Waals surface area (Å²) in [6.07, 6.45) is 2.63. The summed E-state index contributed by atoms with van der Waals surface area (Å²) in [5.74, 6) is 1.39. The molecular formula is C24H28N2O4. The third kappa shape index (κ3) is 3.79. The van der Waals surface area contributed by atoms with Gasteiger partial charge < -0.3 is 9.47 Å².